The van der Waals surface area contributed by atoms with Crippen LogP contribution in [0.2, 0.25) is 0 Å². The van der Waals surface area contributed by atoms with Gasteiger partial charge in [0.2, 0.25) is 0 Å². The Hall–Kier alpha value is -2.16. The molecule has 0 spiro atoms. The van der Waals surface area contributed by atoms with Gasteiger partial charge < -0.3 is 15.2 Å². The highest BCUT2D eigenvalue weighted by Crippen LogP contribution is 2.30. The van der Waals surface area contributed by atoms with Crippen LogP contribution < -0.4 is 15.2 Å². The third-order valence-electron chi connectivity index (χ3n) is 2.50. The summed E-state index contributed by atoms with van der Waals surface area (Å²) >= 11 is 0. The van der Waals surface area contributed by atoms with Crippen LogP contribution in [0.15, 0.2) is 48.5 Å². The van der Waals surface area contributed by atoms with Gasteiger partial charge in [0.25, 0.3) is 0 Å². The first-order chi connectivity index (χ1) is 8.79. The standard InChI is InChI=1S/C15H17NO2/c1-2-17-14-9-8-13(16)10-15(14)18-11-12-6-4-3-5-7-12/h3-10H,2,11,16H2,1H3. The third-order valence-corrected chi connectivity index (χ3v) is 2.50. The van der Waals surface area contributed by atoms with Gasteiger partial charge in [0.05, 0.1) is 6.61 Å². The van der Waals surface area contributed by atoms with Crippen LogP contribution in [0.5, 0.6) is 11.5 Å². The molecule has 0 atom stereocenters. The second-order valence-corrected chi connectivity index (χ2v) is 3.91. The summed E-state index contributed by atoms with van der Waals surface area (Å²) in [5.41, 5.74) is 7.54. The van der Waals surface area contributed by atoms with Crippen LogP contribution in [-0.4, -0.2) is 6.61 Å². The average molecular weight is 243 g/mol. The summed E-state index contributed by atoms with van der Waals surface area (Å²) in [5, 5.41) is 0. The van der Waals surface area contributed by atoms with Crippen molar-refractivity contribution in [1.82, 2.24) is 0 Å². The number of anilines is 1. The van der Waals surface area contributed by atoms with E-state index in [2.05, 4.69) is 0 Å². The fraction of sp³-hybridized carbons (Fsp3) is 0.200. The highest BCUT2D eigenvalue weighted by Gasteiger charge is 2.05. The van der Waals surface area contributed by atoms with Gasteiger partial charge in [-0.3, -0.25) is 0 Å². The monoisotopic (exact) mass is 243 g/mol. The van der Waals surface area contributed by atoms with E-state index in [1.54, 1.807) is 12.1 Å². The number of benzene rings is 2. The Kier molecular flexibility index (Phi) is 4.07. The molecule has 0 amide bonds. The van der Waals surface area contributed by atoms with Crippen molar-refractivity contribution >= 4 is 5.69 Å². The van der Waals surface area contributed by atoms with Crippen molar-refractivity contribution in [2.45, 2.75) is 13.5 Å². The zero-order chi connectivity index (χ0) is 12.8. The van der Waals surface area contributed by atoms with Crippen LogP contribution in [0.4, 0.5) is 5.69 Å². The first-order valence-electron chi connectivity index (χ1n) is 5.98. The molecule has 0 fully saturated rings. The highest BCUT2D eigenvalue weighted by molar-refractivity contribution is 5.52. The van der Waals surface area contributed by atoms with Crippen LogP contribution in [0.1, 0.15) is 12.5 Å². The Bertz CT molecular complexity index is 497. The maximum Gasteiger partial charge on any atom is 0.163 e. The van der Waals surface area contributed by atoms with Crippen LogP contribution in [0.25, 0.3) is 0 Å². The number of nitrogen functional groups attached to an aromatic ring is 1. The molecule has 0 unspecified atom stereocenters. The molecule has 0 aliphatic rings. The lowest BCUT2D eigenvalue weighted by Gasteiger charge is -2.12. The van der Waals surface area contributed by atoms with Crippen molar-refractivity contribution in [2.24, 2.45) is 0 Å². The summed E-state index contributed by atoms with van der Waals surface area (Å²) in [6.45, 7) is 3.05. The fourth-order valence-electron chi connectivity index (χ4n) is 1.65. The number of rotatable bonds is 5. The van der Waals surface area contributed by atoms with Crippen LogP contribution in [0.3, 0.4) is 0 Å². The van der Waals surface area contributed by atoms with Gasteiger partial charge in [-0.1, -0.05) is 30.3 Å². The molecule has 0 heterocycles. The predicted octanol–water partition coefficient (Wildman–Crippen LogP) is 3.25. The van der Waals surface area contributed by atoms with Crippen molar-refractivity contribution in [3.05, 3.63) is 54.1 Å². The molecule has 2 N–H and O–H groups in total. The lowest BCUT2D eigenvalue weighted by molar-refractivity contribution is 0.269. The Morgan fingerprint density at radius 1 is 0.944 bits per heavy atom. The summed E-state index contributed by atoms with van der Waals surface area (Å²) in [7, 11) is 0. The quantitative estimate of drug-likeness (QED) is 0.820. The summed E-state index contributed by atoms with van der Waals surface area (Å²) in [4.78, 5) is 0. The van der Waals surface area contributed by atoms with Crippen LogP contribution in [-0.2, 0) is 6.61 Å². The van der Waals surface area contributed by atoms with Crippen molar-refractivity contribution in [2.75, 3.05) is 12.3 Å². The van der Waals surface area contributed by atoms with E-state index in [1.807, 2.05) is 43.3 Å². The molecule has 2 aromatic carbocycles. The second kappa shape index (κ2) is 5.96. The van der Waals surface area contributed by atoms with Crippen LogP contribution in [0, 0.1) is 0 Å². The Balaban J connectivity index is 2.10. The maximum atomic E-state index is 5.76. The first kappa shape index (κ1) is 12.3. The molecule has 0 aromatic heterocycles. The molecule has 3 nitrogen and oxygen atoms in total. The minimum absolute atomic E-state index is 0.504. The Morgan fingerprint density at radius 3 is 2.44 bits per heavy atom. The Morgan fingerprint density at radius 2 is 1.72 bits per heavy atom. The molecule has 0 bridgehead atoms. The number of nitrogens with two attached hydrogens (primary N) is 1. The first-order valence-corrected chi connectivity index (χ1v) is 5.98. The molecule has 0 radical (unpaired) electrons. The van der Waals surface area contributed by atoms with E-state index in [0.29, 0.717) is 24.7 Å². The van der Waals surface area contributed by atoms with Gasteiger partial charge in [0.1, 0.15) is 6.61 Å². The molecule has 3 heteroatoms. The molecule has 0 saturated carbocycles. The smallest absolute Gasteiger partial charge is 0.163 e. The minimum atomic E-state index is 0.504. The zero-order valence-electron chi connectivity index (χ0n) is 10.4. The number of ether oxygens (including phenoxy) is 2. The third kappa shape index (κ3) is 3.17. The molecule has 0 saturated heterocycles. The maximum absolute atomic E-state index is 5.76. The molecule has 2 rings (SSSR count). The number of hydrogen-bond donors (Lipinski definition) is 1. The van der Waals surface area contributed by atoms with E-state index in [0.717, 1.165) is 11.3 Å². The van der Waals surface area contributed by atoms with Gasteiger partial charge in [-0.2, -0.15) is 0 Å². The van der Waals surface area contributed by atoms with E-state index in [-0.39, 0.29) is 0 Å². The van der Waals surface area contributed by atoms with Crippen molar-refractivity contribution < 1.29 is 9.47 Å². The van der Waals surface area contributed by atoms with Gasteiger partial charge in [0, 0.05) is 11.8 Å². The predicted molar refractivity (Wildman–Crippen MR) is 72.8 cm³/mol. The van der Waals surface area contributed by atoms with E-state index in [4.69, 9.17) is 15.2 Å². The lowest BCUT2D eigenvalue weighted by atomic mass is 10.2. The fourth-order valence-corrected chi connectivity index (χ4v) is 1.65. The molecular weight excluding hydrogens is 226 g/mol. The molecule has 2 aromatic rings. The summed E-state index contributed by atoms with van der Waals surface area (Å²) in [5.74, 6) is 1.41. The van der Waals surface area contributed by atoms with Crippen molar-refractivity contribution in [3.8, 4) is 11.5 Å². The van der Waals surface area contributed by atoms with E-state index >= 15 is 0 Å². The minimum Gasteiger partial charge on any atom is -0.490 e. The van der Waals surface area contributed by atoms with Crippen LogP contribution >= 0.6 is 0 Å². The molecule has 0 aliphatic heterocycles. The lowest BCUT2D eigenvalue weighted by Crippen LogP contribution is -2.00. The largest absolute Gasteiger partial charge is 0.490 e. The molecule has 18 heavy (non-hydrogen) atoms. The van der Waals surface area contributed by atoms with Gasteiger partial charge in [-0.25, -0.2) is 0 Å². The zero-order valence-corrected chi connectivity index (χ0v) is 10.4. The van der Waals surface area contributed by atoms with E-state index in [9.17, 15) is 0 Å². The normalized spacial score (nSPS) is 10.1. The van der Waals surface area contributed by atoms with Gasteiger partial charge in [0.15, 0.2) is 11.5 Å². The summed E-state index contributed by atoms with van der Waals surface area (Å²) < 4.78 is 11.3. The molecule has 94 valence electrons. The van der Waals surface area contributed by atoms with Crippen molar-refractivity contribution in [1.29, 1.82) is 0 Å². The van der Waals surface area contributed by atoms with Gasteiger partial charge in [-0.15, -0.1) is 0 Å². The second-order valence-electron chi connectivity index (χ2n) is 3.91. The average Bonchev–Trinajstić information content (AvgIpc) is 2.40. The summed E-state index contributed by atoms with van der Waals surface area (Å²) in [6.07, 6.45) is 0. The van der Waals surface area contributed by atoms with Gasteiger partial charge in [-0.05, 0) is 24.6 Å². The Labute approximate surface area is 107 Å². The van der Waals surface area contributed by atoms with Crippen molar-refractivity contribution in [3.63, 3.8) is 0 Å². The van der Waals surface area contributed by atoms with Gasteiger partial charge >= 0.3 is 0 Å². The molecule has 0 aliphatic carbocycles. The summed E-state index contributed by atoms with van der Waals surface area (Å²) in [6, 6.07) is 15.4. The SMILES string of the molecule is CCOc1ccc(N)cc1OCc1ccccc1. The number of hydrogen-bond acceptors (Lipinski definition) is 3. The molecular formula is C15H17NO2. The van der Waals surface area contributed by atoms with E-state index < -0.39 is 0 Å². The van der Waals surface area contributed by atoms with E-state index in [1.165, 1.54) is 0 Å². The highest BCUT2D eigenvalue weighted by atomic mass is 16.5. The topological polar surface area (TPSA) is 44.5 Å².